The third-order valence-electron chi connectivity index (χ3n) is 2.12. The Morgan fingerprint density at radius 3 is 2.78 bits per heavy atom. The van der Waals surface area contributed by atoms with Gasteiger partial charge in [0.25, 0.3) is 0 Å². The minimum Gasteiger partial charge on any atom is -0.464 e. The van der Waals surface area contributed by atoms with Crippen LogP contribution in [0.25, 0.3) is 0 Å². The summed E-state index contributed by atoms with van der Waals surface area (Å²) in [5.41, 5.74) is 0.166. The quantitative estimate of drug-likeness (QED) is 0.761. The van der Waals surface area contributed by atoms with E-state index in [2.05, 4.69) is 30.1 Å². The van der Waals surface area contributed by atoms with Crippen molar-refractivity contribution in [3.05, 3.63) is 30.2 Å². The number of methoxy groups -OCH3 is 1. The van der Waals surface area contributed by atoms with Crippen molar-refractivity contribution < 1.29 is 9.53 Å². The van der Waals surface area contributed by atoms with Crippen LogP contribution in [-0.4, -0.2) is 37.8 Å². The van der Waals surface area contributed by atoms with Crippen molar-refractivity contribution in [2.45, 2.75) is 6.54 Å². The molecule has 0 aliphatic rings. The first kappa shape index (κ1) is 12.0. The molecule has 18 heavy (non-hydrogen) atoms. The van der Waals surface area contributed by atoms with Crippen LogP contribution < -0.4 is 5.32 Å². The molecule has 0 atom stereocenters. The number of aromatic nitrogens is 5. The summed E-state index contributed by atoms with van der Waals surface area (Å²) in [6.07, 6.45) is 4.41. The maximum absolute atomic E-state index is 11.1. The second kappa shape index (κ2) is 5.21. The van der Waals surface area contributed by atoms with E-state index >= 15 is 0 Å². The SMILES string of the molecule is COC(=O)c1cnc(NCc2ncn(C)n2)cn1. The lowest BCUT2D eigenvalue weighted by molar-refractivity contribution is 0.0593. The molecule has 0 unspecified atom stereocenters. The highest BCUT2D eigenvalue weighted by atomic mass is 16.5. The Balaban J connectivity index is 1.96. The molecule has 8 heteroatoms. The van der Waals surface area contributed by atoms with E-state index in [1.54, 1.807) is 18.1 Å². The molecule has 0 amide bonds. The van der Waals surface area contributed by atoms with Crippen LogP contribution in [0.1, 0.15) is 16.3 Å². The molecule has 0 aliphatic heterocycles. The van der Waals surface area contributed by atoms with Gasteiger partial charge in [-0.15, -0.1) is 0 Å². The van der Waals surface area contributed by atoms with Crippen molar-refractivity contribution in [3.8, 4) is 0 Å². The summed E-state index contributed by atoms with van der Waals surface area (Å²) in [5, 5.41) is 7.10. The maximum atomic E-state index is 11.1. The Morgan fingerprint density at radius 2 is 2.22 bits per heavy atom. The van der Waals surface area contributed by atoms with Crippen molar-refractivity contribution in [2.75, 3.05) is 12.4 Å². The highest BCUT2D eigenvalue weighted by Crippen LogP contribution is 2.03. The molecule has 0 saturated carbocycles. The van der Waals surface area contributed by atoms with E-state index in [1.807, 2.05) is 0 Å². The van der Waals surface area contributed by atoms with E-state index in [9.17, 15) is 4.79 Å². The predicted octanol–water partition coefficient (Wildman–Crippen LogP) is 0.00380. The molecule has 2 rings (SSSR count). The van der Waals surface area contributed by atoms with Crippen LogP contribution in [0.4, 0.5) is 5.82 Å². The lowest BCUT2D eigenvalue weighted by Gasteiger charge is -2.02. The molecule has 0 saturated heterocycles. The molecular weight excluding hydrogens is 236 g/mol. The van der Waals surface area contributed by atoms with E-state index in [0.717, 1.165) is 0 Å². The van der Waals surface area contributed by atoms with Crippen LogP contribution >= 0.6 is 0 Å². The number of hydrogen-bond donors (Lipinski definition) is 1. The van der Waals surface area contributed by atoms with Gasteiger partial charge in [-0.3, -0.25) is 4.68 Å². The number of aryl methyl sites for hydroxylation is 1. The minimum atomic E-state index is -0.513. The van der Waals surface area contributed by atoms with Gasteiger partial charge in [0.05, 0.1) is 26.0 Å². The second-order valence-electron chi connectivity index (χ2n) is 3.47. The van der Waals surface area contributed by atoms with Crippen LogP contribution in [0.2, 0.25) is 0 Å². The third kappa shape index (κ3) is 2.78. The number of hydrogen-bond acceptors (Lipinski definition) is 7. The normalized spacial score (nSPS) is 10.1. The van der Waals surface area contributed by atoms with Crippen molar-refractivity contribution in [1.29, 1.82) is 0 Å². The number of rotatable bonds is 4. The molecule has 8 nitrogen and oxygen atoms in total. The number of carbonyl (C=O) groups excluding carboxylic acids is 1. The summed E-state index contributed by atoms with van der Waals surface area (Å²) in [7, 11) is 3.09. The number of ether oxygens (including phenoxy) is 1. The fraction of sp³-hybridized carbons (Fsp3) is 0.300. The Hall–Kier alpha value is -2.51. The van der Waals surface area contributed by atoms with Gasteiger partial charge < -0.3 is 10.1 Å². The molecular formula is C10H12N6O2. The fourth-order valence-electron chi connectivity index (χ4n) is 1.26. The smallest absolute Gasteiger partial charge is 0.358 e. The Bertz CT molecular complexity index is 536. The van der Waals surface area contributed by atoms with Gasteiger partial charge in [0.1, 0.15) is 12.1 Å². The van der Waals surface area contributed by atoms with Crippen LogP contribution in [0.5, 0.6) is 0 Å². The summed E-state index contributed by atoms with van der Waals surface area (Å²) >= 11 is 0. The zero-order chi connectivity index (χ0) is 13.0. The topological polar surface area (TPSA) is 94.8 Å². The van der Waals surface area contributed by atoms with Gasteiger partial charge in [0.2, 0.25) is 0 Å². The standard InChI is InChI=1S/C10H12N6O2/c1-16-6-14-9(15-16)5-13-8-4-11-7(3-12-8)10(17)18-2/h3-4,6H,5H2,1-2H3,(H,12,13). The average Bonchev–Trinajstić information content (AvgIpc) is 2.82. The Kier molecular flexibility index (Phi) is 3.46. The van der Waals surface area contributed by atoms with E-state index in [4.69, 9.17) is 0 Å². The summed E-state index contributed by atoms with van der Waals surface area (Å²) in [6.45, 7) is 0.438. The molecule has 94 valence electrons. The molecule has 0 fully saturated rings. The summed E-state index contributed by atoms with van der Waals surface area (Å²) < 4.78 is 6.14. The molecule has 0 radical (unpaired) electrons. The van der Waals surface area contributed by atoms with Crippen LogP contribution in [0.3, 0.4) is 0 Å². The van der Waals surface area contributed by atoms with Gasteiger partial charge in [-0.05, 0) is 0 Å². The number of nitrogens with one attached hydrogen (secondary N) is 1. The van der Waals surface area contributed by atoms with E-state index in [0.29, 0.717) is 18.2 Å². The van der Waals surface area contributed by atoms with Crippen molar-refractivity contribution in [3.63, 3.8) is 0 Å². The van der Waals surface area contributed by atoms with Gasteiger partial charge in [-0.2, -0.15) is 5.10 Å². The first-order valence-electron chi connectivity index (χ1n) is 5.18. The zero-order valence-corrected chi connectivity index (χ0v) is 9.99. The predicted molar refractivity (Wildman–Crippen MR) is 61.7 cm³/mol. The van der Waals surface area contributed by atoms with Gasteiger partial charge in [0, 0.05) is 7.05 Å². The molecule has 1 N–H and O–H groups in total. The zero-order valence-electron chi connectivity index (χ0n) is 9.99. The Morgan fingerprint density at radius 1 is 1.39 bits per heavy atom. The number of esters is 1. The van der Waals surface area contributed by atoms with Gasteiger partial charge in [-0.1, -0.05) is 0 Å². The molecule has 0 bridgehead atoms. The third-order valence-corrected chi connectivity index (χ3v) is 2.12. The number of nitrogens with zero attached hydrogens (tertiary/aromatic N) is 5. The molecule has 0 aliphatic carbocycles. The molecule has 0 spiro atoms. The lowest BCUT2D eigenvalue weighted by Crippen LogP contribution is -2.08. The first-order valence-corrected chi connectivity index (χ1v) is 5.18. The summed E-state index contributed by atoms with van der Waals surface area (Å²) in [6, 6.07) is 0. The Labute approximate surface area is 103 Å². The maximum Gasteiger partial charge on any atom is 0.358 e. The first-order chi connectivity index (χ1) is 8.69. The summed E-state index contributed by atoms with van der Waals surface area (Å²) in [5.74, 6) is 0.673. The van der Waals surface area contributed by atoms with Crippen LogP contribution in [0.15, 0.2) is 18.7 Å². The van der Waals surface area contributed by atoms with Crippen molar-refractivity contribution in [1.82, 2.24) is 24.7 Å². The molecule has 2 aromatic rings. The highest BCUT2D eigenvalue weighted by molar-refractivity contribution is 5.86. The van der Waals surface area contributed by atoms with Crippen LogP contribution in [0, 0.1) is 0 Å². The fourth-order valence-corrected chi connectivity index (χ4v) is 1.26. The van der Waals surface area contributed by atoms with Crippen molar-refractivity contribution >= 4 is 11.8 Å². The van der Waals surface area contributed by atoms with Gasteiger partial charge in [0.15, 0.2) is 11.5 Å². The van der Waals surface area contributed by atoms with E-state index in [1.165, 1.54) is 19.5 Å². The largest absolute Gasteiger partial charge is 0.464 e. The van der Waals surface area contributed by atoms with Crippen molar-refractivity contribution in [2.24, 2.45) is 7.05 Å². The lowest BCUT2D eigenvalue weighted by atomic mass is 10.4. The minimum absolute atomic E-state index is 0.166. The molecule has 2 heterocycles. The average molecular weight is 248 g/mol. The summed E-state index contributed by atoms with van der Waals surface area (Å²) in [4.78, 5) is 23.2. The molecule has 2 aromatic heterocycles. The van der Waals surface area contributed by atoms with E-state index in [-0.39, 0.29) is 5.69 Å². The van der Waals surface area contributed by atoms with E-state index < -0.39 is 5.97 Å². The molecule has 0 aromatic carbocycles. The monoisotopic (exact) mass is 248 g/mol. The highest BCUT2D eigenvalue weighted by Gasteiger charge is 2.07. The second-order valence-corrected chi connectivity index (χ2v) is 3.47. The van der Waals surface area contributed by atoms with Crippen LogP contribution in [-0.2, 0) is 18.3 Å². The number of carbonyl (C=O) groups is 1. The van der Waals surface area contributed by atoms with Gasteiger partial charge in [-0.25, -0.2) is 19.7 Å². The van der Waals surface area contributed by atoms with Gasteiger partial charge >= 0.3 is 5.97 Å². The number of anilines is 1.